The molecule has 0 bridgehead atoms. The third-order valence-corrected chi connectivity index (χ3v) is 8.96. The molecular weight excluding hydrogens is 612 g/mol. The van der Waals surface area contributed by atoms with Crippen molar-refractivity contribution in [2.24, 2.45) is 4.99 Å². The molecule has 0 saturated carbocycles. The number of ether oxygens (including phenoxy) is 3. The third-order valence-electron chi connectivity index (χ3n) is 7.98. The van der Waals surface area contributed by atoms with Crippen molar-refractivity contribution >= 4 is 40.1 Å². The molecular formula is C38H34N2O6S. The van der Waals surface area contributed by atoms with Gasteiger partial charge >= 0.3 is 11.9 Å². The first-order valence-corrected chi connectivity index (χ1v) is 16.3. The van der Waals surface area contributed by atoms with E-state index in [1.54, 1.807) is 37.5 Å². The summed E-state index contributed by atoms with van der Waals surface area (Å²) in [6.07, 6.45) is 1.85. The summed E-state index contributed by atoms with van der Waals surface area (Å²) in [6, 6.07) is 26.0. The number of hydrogen-bond donors (Lipinski definition) is 0. The zero-order valence-electron chi connectivity index (χ0n) is 26.6. The zero-order valence-corrected chi connectivity index (χ0v) is 27.4. The Hall–Kier alpha value is -5.28. The molecule has 0 fully saturated rings. The number of carbonyl (C=O) groups is 2. The van der Waals surface area contributed by atoms with Gasteiger partial charge in [-0.2, -0.15) is 0 Å². The molecule has 0 N–H and O–H groups in total. The van der Waals surface area contributed by atoms with E-state index in [1.165, 1.54) is 11.3 Å². The topological polar surface area (TPSA) is 96.2 Å². The number of esters is 2. The van der Waals surface area contributed by atoms with Gasteiger partial charge in [-0.15, -0.1) is 0 Å². The van der Waals surface area contributed by atoms with Gasteiger partial charge in [0.05, 0.1) is 40.6 Å². The molecule has 1 aromatic heterocycles. The lowest BCUT2D eigenvalue weighted by Gasteiger charge is -2.24. The standard InChI is InChI=1S/C38H34N2O6S/c1-5-44-36(42)28-17-13-25(14-18-28)22-46-31-20-19-26-9-7-8-10-29(26)30(31)21-32-35(41)40-34(27-15-11-23(3)12-16-27)33(37(43)45-6-2)24(4)39-38(40)47-32/h7-21,34H,5-6,22H2,1-4H3/b32-21-/t34-/m0/s1. The van der Waals surface area contributed by atoms with E-state index in [9.17, 15) is 14.4 Å². The summed E-state index contributed by atoms with van der Waals surface area (Å²) >= 11 is 1.27. The molecule has 47 heavy (non-hydrogen) atoms. The molecule has 0 saturated heterocycles. The second-order valence-corrected chi connectivity index (χ2v) is 12.1. The van der Waals surface area contributed by atoms with E-state index in [1.807, 2.05) is 85.8 Å². The molecule has 1 aliphatic heterocycles. The summed E-state index contributed by atoms with van der Waals surface area (Å²) in [6.45, 7) is 8.07. The number of thiazole rings is 1. The highest BCUT2D eigenvalue weighted by Gasteiger charge is 2.33. The van der Waals surface area contributed by atoms with Gasteiger partial charge in [-0.3, -0.25) is 9.36 Å². The van der Waals surface area contributed by atoms with Gasteiger partial charge in [-0.25, -0.2) is 14.6 Å². The van der Waals surface area contributed by atoms with Gasteiger partial charge in [-0.05, 0) is 73.9 Å². The number of aryl methyl sites for hydroxylation is 1. The average molecular weight is 647 g/mol. The molecule has 5 aromatic rings. The minimum Gasteiger partial charge on any atom is -0.488 e. The number of fused-ring (bicyclic) bond motifs is 2. The Morgan fingerprint density at radius 1 is 0.872 bits per heavy atom. The van der Waals surface area contributed by atoms with Crippen molar-refractivity contribution in [3.05, 3.63) is 144 Å². The maximum Gasteiger partial charge on any atom is 0.338 e. The SMILES string of the molecule is CCOC(=O)C1=C(C)N=c2s/c(=C\c3c(OCc4ccc(C(=O)OCC)cc4)ccc4ccccc34)c(=O)n2[C@H]1c1ccc(C)cc1. The highest BCUT2D eigenvalue weighted by Crippen LogP contribution is 2.32. The Labute approximate surface area is 275 Å². The van der Waals surface area contributed by atoms with Crippen molar-refractivity contribution in [1.29, 1.82) is 0 Å². The summed E-state index contributed by atoms with van der Waals surface area (Å²) in [5.41, 5.74) is 4.57. The molecule has 1 atom stereocenters. The van der Waals surface area contributed by atoms with Crippen LogP contribution < -0.4 is 19.6 Å². The van der Waals surface area contributed by atoms with Crippen molar-refractivity contribution in [3.63, 3.8) is 0 Å². The first kappa shape index (κ1) is 31.7. The van der Waals surface area contributed by atoms with E-state index in [-0.39, 0.29) is 24.7 Å². The quantitative estimate of drug-likeness (QED) is 0.182. The van der Waals surface area contributed by atoms with Crippen molar-refractivity contribution in [3.8, 4) is 5.75 Å². The van der Waals surface area contributed by atoms with Gasteiger partial charge in [0, 0.05) is 5.56 Å². The minimum absolute atomic E-state index is 0.208. The van der Waals surface area contributed by atoms with Crippen LogP contribution in [0.2, 0.25) is 0 Å². The van der Waals surface area contributed by atoms with Crippen LogP contribution >= 0.6 is 11.3 Å². The summed E-state index contributed by atoms with van der Waals surface area (Å²) in [5.74, 6) is -0.261. The Balaban J connectivity index is 1.45. The summed E-state index contributed by atoms with van der Waals surface area (Å²) in [5, 5.41) is 1.92. The Bertz CT molecular complexity index is 2190. The lowest BCUT2D eigenvalue weighted by molar-refractivity contribution is -0.139. The fourth-order valence-electron chi connectivity index (χ4n) is 5.65. The summed E-state index contributed by atoms with van der Waals surface area (Å²) in [7, 11) is 0. The number of allylic oxidation sites excluding steroid dienone is 1. The van der Waals surface area contributed by atoms with E-state index in [0.29, 0.717) is 38.5 Å². The average Bonchev–Trinajstić information content (AvgIpc) is 3.38. The van der Waals surface area contributed by atoms with Crippen LogP contribution in [0.5, 0.6) is 5.75 Å². The molecule has 9 heteroatoms. The summed E-state index contributed by atoms with van der Waals surface area (Å²) in [4.78, 5) is 44.8. The molecule has 1 aliphatic rings. The normalized spacial score (nSPS) is 14.5. The van der Waals surface area contributed by atoms with Gasteiger partial charge in [-0.1, -0.05) is 83.6 Å². The van der Waals surface area contributed by atoms with Crippen LogP contribution in [0.15, 0.2) is 106 Å². The Morgan fingerprint density at radius 3 is 2.30 bits per heavy atom. The number of nitrogens with zero attached hydrogens (tertiary/aromatic N) is 2. The molecule has 238 valence electrons. The second-order valence-electron chi connectivity index (χ2n) is 11.1. The van der Waals surface area contributed by atoms with Gasteiger partial charge in [0.25, 0.3) is 5.56 Å². The second kappa shape index (κ2) is 13.6. The van der Waals surface area contributed by atoms with Crippen LogP contribution in [0.4, 0.5) is 0 Å². The van der Waals surface area contributed by atoms with Crippen molar-refractivity contribution in [1.82, 2.24) is 4.57 Å². The Kier molecular flexibility index (Phi) is 9.17. The molecule has 6 rings (SSSR count). The first-order valence-electron chi connectivity index (χ1n) is 15.5. The van der Waals surface area contributed by atoms with Crippen LogP contribution in [0.3, 0.4) is 0 Å². The summed E-state index contributed by atoms with van der Waals surface area (Å²) < 4.78 is 18.9. The maximum absolute atomic E-state index is 14.3. The van der Waals surface area contributed by atoms with Gasteiger partial charge in [0.15, 0.2) is 4.80 Å². The van der Waals surface area contributed by atoms with Crippen LogP contribution in [-0.4, -0.2) is 29.7 Å². The van der Waals surface area contributed by atoms with Crippen LogP contribution in [0.25, 0.3) is 16.8 Å². The number of rotatable bonds is 9. The van der Waals surface area contributed by atoms with Crippen molar-refractivity contribution in [2.45, 2.75) is 40.3 Å². The molecule has 4 aromatic carbocycles. The smallest absolute Gasteiger partial charge is 0.338 e. The number of aromatic nitrogens is 1. The van der Waals surface area contributed by atoms with Crippen molar-refractivity contribution < 1.29 is 23.8 Å². The number of hydrogen-bond acceptors (Lipinski definition) is 8. The predicted octanol–water partition coefficient (Wildman–Crippen LogP) is 6.02. The third kappa shape index (κ3) is 6.39. The molecule has 0 spiro atoms. The van der Waals surface area contributed by atoms with E-state index >= 15 is 0 Å². The van der Waals surface area contributed by atoms with E-state index in [2.05, 4.69) is 0 Å². The first-order chi connectivity index (χ1) is 22.8. The fourth-order valence-corrected chi connectivity index (χ4v) is 6.68. The van der Waals surface area contributed by atoms with Gasteiger partial charge in [0.2, 0.25) is 0 Å². The monoisotopic (exact) mass is 646 g/mol. The highest BCUT2D eigenvalue weighted by molar-refractivity contribution is 7.07. The molecule has 0 aliphatic carbocycles. The zero-order chi connectivity index (χ0) is 33.1. The largest absolute Gasteiger partial charge is 0.488 e. The van der Waals surface area contributed by atoms with Crippen LogP contribution in [-0.2, 0) is 20.9 Å². The highest BCUT2D eigenvalue weighted by atomic mass is 32.1. The van der Waals surface area contributed by atoms with E-state index < -0.39 is 12.0 Å². The fraction of sp³-hybridized carbons (Fsp3) is 0.211. The van der Waals surface area contributed by atoms with E-state index in [4.69, 9.17) is 19.2 Å². The maximum atomic E-state index is 14.3. The number of carbonyl (C=O) groups excluding carboxylic acids is 2. The Morgan fingerprint density at radius 2 is 1.57 bits per heavy atom. The van der Waals surface area contributed by atoms with Gasteiger partial charge < -0.3 is 14.2 Å². The molecule has 0 amide bonds. The lowest BCUT2D eigenvalue weighted by Crippen LogP contribution is -2.39. The molecule has 2 heterocycles. The predicted molar refractivity (Wildman–Crippen MR) is 182 cm³/mol. The number of benzene rings is 4. The minimum atomic E-state index is -0.686. The lowest BCUT2D eigenvalue weighted by atomic mass is 9.95. The van der Waals surface area contributed by atoms with Crippen LogP contribution in [0.1, 0.15) is 59.4 Å². The molecule has 8 nitrogen and oxygen atoms in total. The van der Waals surface area contributed by atoms with Crippen molar-refractivity contribution in [2.75, 3.05) is 13.2 Å². The van der Waals surface area contributed by atoms with Crippen LogP contribution in [0, 0.1) is 6.92 Å². The van der Waals surface area contributed by atoms with Gasteiger partial charge in [0.1, 0.15) is 12.4 Å². The van der Waals surface area contributed by atoms with E-state index in [0.717, 1.165) is 33.0 Å². The molecule has 0 radical (unpaired) electrons. The molecule has 0 unspecified atom stereocenters.